The Balaban J connectivity index is 2.16. The fourth-order valence-corrected chi connectivity index (χ4v) is 2.84. The lowest BCUT2D eigenvalue weighted by molar-refractivity contribution is 0.440. The molecule has 2 rings (SSSR count). The molecule has 0 spiro atoms. The van der Waals surface area contributed by atoms with E-state index >= 15 is 0 Å². The normalized spacial score (nSPS) is 18.3. The third-order valence-corrected chi connectivity index (χ3v) is 3.81. The number of hydrogen-bond donors (Lipinski definition) is 1. The number of nitrogens with one attached hydrogen (secondary N) is 1. The molecule has 1 heterocycles. The summed E-state index contributed by atoms with van der Waals surface area (Å²) in [4.78, 5) is 19.3. The summed E-state index contributed by atoms with van der Waals surface area (Å²) < 4.78 is 0. The summed E-state index contributed by atoms with van der Waals surface area (Å²) in [6.07, 6.45) is 10.9. The maximum absolute atomic E-state index is 11.7. The van der Waals surface area contributed by atoms with Gasteiger partial charge in [-0.15, -0.1) is 0 Å². The van der Waals surface area contributed by atoms with Gasteiger partial charge in [-0.2, -0.15) is 0 Å². The van der Waals surface area contributed by atoms with Crippen molar-refractivity contribution in [3.63, 3.8) is 0 Å². The standard InChI is InChI=1S/C15H24N2O/c1-2-8-13-11-14(18)17-15(16-13)12-9-6-4-3-5-7-10-12/h11-12H,2-10H2,1H3,(H,16,17,18). The van der Waals surface area contributed by atoms with Crippen molar-refractivity contribution in [1.29, 1.82) is 0 Å². The Bertz CT molecular complexity index is 417. The maximum Gasteiger partial charge on any atom is 0.251 e. The molecule has 0 radical (unpaired) electrons. The van der Waals surface area contributed by atoms with E-state index in [1.54, 1.807) is 6.07 Å². The van der Waals surface area contributed by atoms with E-state index in [0.717, 1.165) is 24.4 Å². The smallest absolute Gasteiger partial charge is 0.251 e. The van der Waals surface area contributed by atoms with Crippen molar-refractivity contribution < 1.29 is 0 Å². The van der Waals surface area contributed by atoms with Gasteiger partial charge in [0, 0.05) is 17.7 Å². The van der Waals surface area contributed by atoms with Crippen LogP contribution < -0.4 is 5.56 Å². The van der Waals surface area contributed by atoms with Crippen LogP contribution in [0.1, 0.15) is 75.7 Å². The average Bonchev–Trinajstić information content (AvgIpc) is 2.27. The van der Waals surface area contributed by atoms with E-state index in [1.165, 1.54) is 44.9 Å². The van der Waals surface area contributed by atoms with E-state index in [4.69, 9.17) is 0 Å². The lowest BCUT2D eigenvalue weighted by Crippen LogP contribution is -2.16. The van der Waals surface area contributed by atoms with Crippen LogP contribution in [0.4, 0.5) is 0 Å². The van der Waals surface area contributed by atoms with Crippen LogP contribution in [0.3, 0.4) is 0 Å². The Morgan fingerprint density at radius 1 is 1.22 bits per heavy atom. The third-order valence-electron chi connectivity index (χ3n) is 3.81. The van der Waals surface area contributed by atoms with Crippen molar-refractivity contribution in [2.24, 2.45) is 0 Å². The van der Waals surface area contributed by atoms with E-state index < -0.39 is 0 Å². The highest BCUT2D eigenvalue weighted by Gasteiger charge is 2.16. The molecule has 0 bridgehead atoms. The van der Waals surface area contributed by atoms with Gasteiger partial charge >= 0.3 is 0 Å². The second kappa shape index (κ2) is 6.72. The Labute approximate surface area is 109 Å². The fraction of sp³-hybridized carbons (Fsp3) is 0.733. The highest BCUT2D eigenvalue weighted by atomic mass is 16.1. The van der Waals surface area contributed by atoms with Gasteiger partial charge < -0.3 is 4.98 Å². The number of H-pyrrole nitrogens is 1. The van der Waals surface area contributed by atoms with E-state index in [2.05, 4.69) is 16.9 Å². The first-order valence-electron chi connectivity index (χ1n) is 7.39. The molecule has 1 N–H and O–H groups in total. The Kier molecular flexibility index (Phi) is 4.97. The van der Waals surface area contributed by atoms with Gasteiger partial charge in [-0.3, -0.25) is 4.79 Å². The van der Waals surface area contributed by atoms with E-state index in [-0.39, 0.29) is 5.56 Å². The maximum atomic E-state index is 11.7. The molecule has 18 heavy (non-hydrogen) atoms. The Hall–Kier alpha value is -1.12. The lowest BCUT2D eigenvalue weighted by atomic mass is 9.90. The molecular weight excluding hydrogens is 224 g/mol. The zero-order valence-corrected chi connectivity index (χ0v) is 11.4. The van der Waals surface area contributed by atoms with Crippen LogP contribution in [0, 0.1) is 0 Å². The van der Waals surface area contributed by atoms with Crippen molar-refractivity contribution in [2.75, 3.05) is 0 Å². The molecule has 0 aromatic carbocycles. The molecule has 0 saturated heterocycles. The van der Waals surface area contributed by atoms with Gasteiger partial charge in [-0.1, -0.05) is 45.4 Å². The minimum Gasteiger partial charge on any atom is -0.310 e. The zero-order chi connectivity index (χ0) is 12.8. The summed E-state index contributed by atoms with van der Waals surface area (Å²) in [5, 5.41) is 0. The fourth-order valence-electron chi connectivity index (χ4n) is 2.84. The van der Waals surface area contributed by atoms with E-state index in [0.29, 0.717) is 5.92 Å². The number of hydrogen-bond acceptors (Lipinski definition) is 2. The largest absolute Gasteiger partial charge is 0.310 e. The average molecular weight is 248 g/mol. The lowest BCUT2D eigenvalue weighted by Gasteiger charge is -2.19. The summed E-state index contributed by atoms with van der Waals surface area (Å²) in [5.74, 6) is 1.41. The third kappa shape index (κ3) is 3.69. The van der Waals surface area contributed by atoms with Crippen LogP contribution in [0.5, 0.6) is 0 Å². The van der Waals surface area contributed by atoms with E-state index in [9.17, 15) is 4.79 Å². The van der Waals surface area contributed by atoms with Gasteiger partial charge in [-0.25, -0.2) is 4.98 Å². The molecule has 0 unspecified atom stereocenters. The molecule has 100 valence electrons. The number of aromatic amines is 1. The molecule has 0 amide bonds. The number of rotatable bonds is 3. The molecule has 3 heteroatoms. The molecule has 0 atom stereocenters. The number of aromatic nitrogens is 2. The first-order valence-corrected chi connectivity index (χ1v) is 7.39. The van der Waals surface area contributed by atoms with Gasteiger partial charge in [-0.05, 0) is 19.3 Å². The molecule has 1 aromatic rings. The second-order valence-electron chi connectivity index (χ2n) is 5.41. The molecule has 3 nitrogen and oxygen atoms in total. The molecular formula is C15H24N2O. The monoisotopic (exact) mass is 248 g/mol. The minimum absolute atomic E-state index is 0.0190. The summed E-state index contributed by atoms with van der Waals surface area (Å²) in [7, 11) is 0. The summed E-state index contributed by atoms with van der Waals surface area (Å²) in [6.45, 7) is 2.12. The van der Waals surface area contributed by atoms with Crippen molar-refractivity contribution in [1.82, 2.24) is 9.97 Å². The van der Waals surface area contributed by atoms with Gasteiger partial charge in [0.2, 0.25) is 0 Å². The molecule has 1 aliphatic carbocycles. The van der Waals surface area contributed by atoms with Gasteiger partial charge in [0.15, 0.2) is 0 Å². The number of aryl methyl sites for hydroxylation is 1. The predicted molar refractivity (Wildman–Crippen MR) is 73.9 cm³/mol. The molecule has 1 aliphatic rings. The quantitative estimate of drug-likeness (QED) is 0.889. The van der Waals surface area contributed by atoms with Gasteiger partial charge in [0.1, 0.15) is 5.82 Å². The van der Waals surface area contributed by atoms with Gasteiger partial charge in [0.05, 0.1) is 0 Å². The van der Waals surface area contributed by atoms with Crippen LogP contribution in [0.25, 0.3) is 0 Å². The summed E-state index contributed by atoms with van der Waals surface area (Å²) in [5.41, 5.74) is 0.976. The van der Waals surface area contributed by atoms with Crippen molar-refractivity contribution in [3.8, 4) is 0 Å². The molecule has 1 fully saturated rings. The molecule has 0 aliphatic heterocycles. The van der Waals surface area contributed by atoms with Crippen LogP contribution in [0.2, 0.25) is 0 Å². The van der Waals surface area contributed by atoms with Crippen molar-refractivity contribution >= 4 is 0 Å². The van der Waals surface area contributed by atoms with Crippen molar-refractivity contribution in [2.45, 2.75) is 70.6 Å². The second-order valence-corrected chi connectivity index (χ2v) is 5.41. The Morgan fingerprint density at radius 2 is 1.89 bits per heavy atom. The first-order chi connectivity index (χ1) is 8.79. The van der Waals surface area contributed by atoms with Crippen LogP contribution in [-0.2, 0) is 6.42 Å². The zero-order valence-electron chi connectivity index (χ0n) is 11.4. The highest BCUT2D eigenvalue weighted by molar-refractivity contribution is 5.06. The Morgan fingerprint density at radius 3 is 2.56 bits per heavy atom. The van der Waals surface area contributed by atoms with Gasteiger partial charge in [0.25, 0.3) is 5.56 Å². The predicted octanol–water partition coefficient (Wildman–Crippen LogP) is 3.55. The topological polar surface area (TPSA) is 45.8 Å². The first kappa shape index (κ1) is 13.3. The highest BCUT2D eigenvalue weighted by Crippen LogP contribution is 2.28. The molecule has 1 aromatic heterocycles. The minimum atomic E-state index is 0.0190. The van der Waals surface area contributed by atoms with Crippen LogP contribution >= 0.6 is 0 Å². The van der Waals surface area contributed by atoms with E-state index in [1.807, 2.05) is 0 Å². The van der Waals surface area contributed by atoms with Crippen LogP contribution in [-0.4, -0.2) is 9.97 Å². The molecule has 1 saturated carbocycles. The van der Waals surface area contributed by atoms with Crippen LogP contribution in [0.15, 0.2) is 10.9 Å². The SMILES string of the molecule is CCCc1cc(=O)[nH]c(C2CCCCCCC2)n1. The van der Waals surface area contributed by atoms with Crippen molar-refractivity contribution in [3.05, 3.63) is 27.9 Å². The summed E-state index contributed by atoms with van der Waals surface area (Å²) in [6, 6.07) is 1.65. The number of nitrogens with zero attached hydrogens (tertiary/aromatic N) is 1. The summed E-state index contributed by atoms with van der Waals surface area (Å²) >= 11 is 0.